The average Bonchev–Trinajstić information content (AvgIpc) is 2.90. The molecular formula is C17H22FNO2. The second-order valence-electron chi connectivity index (χ2n) is 6.30. The van der Waals surface area contributed by atoms with Crippen molar-refractivity contribution in [3.63, 3.8) is 0 Å². The summed E-state index contributed by atoms with van der Waals surface area (Å²) >= 11 is 0. The maximum absolute atomic E-state index is 13.7. The normalized spacial score (nSPS) is 28.3. The Morgan fingerprint density at radius 3 is 2.90 bits per heavy atom. The molecule has 2 aliphatic carbocycles. The van der Waals surface area contributed by atoms with Crippen LogP contribution in [0.25, 0.3) is 0 Å². The van der Waals surface area contributed by atoms with Gasteiger partial charge in [0, 0.05) is 6.04 Å². The average molecular weight is 291 g/mol. The highest BCUT2D eigenvalue weighted by Crippen LogP contribution is 2.34. The summed E-state index contributed by atoms with van der Waals surface area (Å²) in [5, 5.41) is 12.8. The van der Waals surface area contributed by atoms with Crippen LogP contribution >= 0.6 is 0 Å². The Morgan fingerprint density at radius 2 is 2.10 bits per heavy atom. The van der Waals surface area contributed by atoms with Gasteiger partial charge in [0.15, 0.2) is 0 Å². The number of benzene rings is 1. The lowest BCUT2D eigenvalue weighted by Crippen LogP contribution is -2.35. The van der Waals surface area contributed by atoms with Crippen molar-refractivity contribution in [2.24, 2.45) is 11.8 Å². The molecule has 3 nitrogen and oxygen atoms in total. The number of halogens is 1. The molecule has 3 rings (SSSR count). The molecule has 0 radical (unpaired) electrons. The van der Waals surface area contributed by atoms with Crippen LogP contribution in [0.1, 0.15) is 49.3 Å². The van der Waals surface area contributed by atoms with Gasteiger partial charge in [-0.25, -0.2) is 4.39 Å². The summed E-state index contributed by atoms with van der Waals surface area (Å²) in [6.07, 6.45) is 5.58. The minimum absolute atomic E-state index is 0.113. The van der Waals surface area contributed by atoms with Crippen molar-refractivity contribution < 1.29 is 14.3 Å². The molecule has 0 spiro atoms. The smallest absolute Gasteiger partial charge is 0.306 e. The van der Waals surface area contributed by atoms with Crippen LogP contribution in [-0.4, -0.2) is 17.6 Å². The second kappa shape index (κ2) is 6.14. The molecule has 0 aromatic heterocycles. The fourth-order valence-corrected chi connectivity index (χ4v) is 3.89. The van der Waals surface area contributed by atoms with Gasteiger partial charge in [0.2, 0.25) is 0 Å². The zero-order chi connectivity index (χ0) is 14.8. The number of rotatable bonds is 4. The lowest BCUT2D eigenvalue weighted by atomic mass is 9.79. The molecule has 0 aliphatic heterocycles. The van der Waals surface area contributed by atoms with E-state index in [2.05, 4.69) is 5.32 Å². The minimum Gasteiger partial charge on any atom is -0.481 e. The van der Waals surface area contributed by atoms with Crippen LogP contribution in [-0.2, 0) is 11.2 Å². The number of carboxylic acid groups (broad SMARTS) is 1. The fourth-order valence-electron chi connectivity index (χ4n) is 3.89. The maximum Gasteiger partial charge on any atom is 0.306 e. The summed E-state index contributed by atoms with van der Waals surface area (Å²) in [6, 6.07) is 5.43. The molecular weight excluding hydrogens is 269 g/mol. The lowest BCUT2D eigenvalue weighted by Gasteiger charge is -2.30. The molecule has 114 valence electrons. The van der Waals surface area contributed by atoms with Crippen LogP contribution in [0, 0.1) is 17.7 Å². The van der Waals surface area contributed by atoms with Crippen molar-refractivity contribution in [3.8, 4) is 0 Å². The van der Waals surface area contributed by atoms with Gasteiger partial charge in [-0.1, -0.05) is 25.0 Å². The zero-order valence-corrected chi connectivity index (χ0v) is 12.1. The third-order valence-corrected chi connectivity index (χ3v) is 5.07. The van der Waals surface area contributed by atoms with E-state index in [-0.39, 0.29) is 23.7 Å². The van der Waals surface area contributed by atoms with Crippen LogP contribution < -0.4 is 5.32 Å². The Kier molecular flexibility index (Phi) is 4.24. The first kappa shape index (κ1) is 14.5. The van der Waals surface area contributed by atoms with E-state index < -0.39 is 5.97 Å². The minimum atomic E-state index is -0.667. The van der Waals surface area contributed by atoms with Gasteiger partial charge in [-0.15, -0.1) is 0 Å². The van der Waals surface area contributed by atoms with E-state index in [1.807, 2.05) is 6.07 Å². The molecule has 2 aliphatic rings. The number of hydrogen-bond acceptors (Lipinski definition) is 2. The molecule has 1 saturated carbocycles. The topological polar surface area (TPSA) is 49.3 Å². The third-order valence-electron chi connectivity index (χ3n) is 5.07. The highest BCUT2D eigenvalue weighted by Gasteiger charge is 2.32. The Morgan fingerprint density at radius 1 is 1.29 bits per heavy atom. The Bertz CT molecular complexity index is 532. The van der Waals surface area contributed by atoms with Gasteiger partial charge < -0.3 is 10.4 Å². The monoisotopic (exact) mass is 291 g/mol. The Hall–Kier alpha value is -1.42. The van der Waals surface area contributed by atoms with Gasteiger partial charge >= 0.3 is 5.97 Å². The van der Waals surface area contributed by atoms with Gasteiger partial charge in [-0.2, -0.15) is 0 Å². The highest BCUT2D eigenvalue weighted by molar-refractivity contribution is 5.70. The number of carboxylic acids is 1. The van der Waals surface area contributed by atoms with Gasteiger partial charge in [0.1, 0.15) is 5.82 Å². The summed E-state index contributed by atoms with van der Waals surface area (Å²) < 4.78 is 13.7. The number of carbonyl (C=O) groups is 1. The van der Waals surface area contributed by atoms with Crippen LogP contribution in [0.15, 0.2) is 18.2 Å². The predicted octanol–water partition coefficient (Wildman–Crippen LogP) is 3.29. The number of hydrogen-bond donors (Lipinski definition) is 2. The van der Waals surface area contributed by atoms with E-state index in [1.54, 1.807) is 6.07 Å². The highest BCUT2D eigenvalue weighted by atomic mass is 19.1. The molecule has 0 saturated heterocycles. The molecule has 1 aromatic rings. The summed E-state index contributed by atoms with van der Waals surface area (Å²) in [5.74, 6) is -0.800. The number of nitrogens with one attached hydrogen (secondary N) is 1. The fraction of sp³-hybridized carbons (Fsp3) is 0.588. The van der Waals surface area contributed by atoms with E-state index in [4.69, 9.17) is 0 Å². The molecule has 3 atom stereocenters. The third kappa shape index (κ3) is 2.95. The van der Waals surface area contributed by atoms with E-state index >= 15 is 0 Å². The van der Waals surface area contributed by atoms with Crippen molar-refractivity contribution in [3.05, 3.63) is 35.1 Å². The molecule has 3 unspecified atom stereocenters. The predicted molar refractivity (Wildman–Crippen MR) is 78.5 cm³/mol. The number of fused-ring (bicyclic) bond motifs is 1. The summed E-state index contributed by atoms with van der Waals surface area (Å²) in [4.78, 5) is 11.3. The molecule has 2 N–H and O–H groups in total. The summed E-state index contributed by atoms with van der Waals surface area (Å²) in [5.41, 5.74) is 1.88. The van der Waals surface area contributed by atoms with Crippen LogP contribution in [0.5, 0.6) is 0 Å². The maximum atomic E-state index is 13.7. The van der Waals surface area contributed by atoms with Crippen molar-refractivity contribution in [2.75, 3.05) is 6.54 Å². The van der Waals surface area contributed by atoms with E-state index in [9.17, 15) is 14.3 Å². The van der Waals surface area contributed by atoms with Gasteiger partial charge in [-0.05, 0) is 55.3 Å². The first-order chi connectivity index (χ1) is 10.2. The molecule has 1 fully saturated rings. The zero-order valence-electron chi connectivity index (χ0n) is 12.1. The molecule has 21 heavy (non-hydrogen) atoms. The van der Waals surface area contributed by atoms with Crippen LogP contribution in [0.4, 0.5) is 4.39 Å². The first-order valence-corrected chi connectivity index (χ1v) is 7.90. The molecule has 0 bridgehead atoms. The molecule has 1 aromatic carbocycles. The second-order valence-corrected chi connectivity index (χ2v) is 6.30. The lowest BCUT2D eigenvalue weighted by molar-refractivity contribution is -0.144. The first-order valence-electron chi connectivity index (χ1n) is 7.90. The van der Waals surface area contributed by atoms with Crippen molar-refractivity contribution >= 4 is 5.97 Å². The quantitative estimate of drug-likeness (QED) is 0.895. The van der Waals surface area contributed by atoms with E-state index in [1.165, 1.54) is 6.07 Å². The summed E-state index contributed by atoms with van der Waals surface area (Å²) in [6.45, 7) is 0.720. The van der Waals surface area contributed by atoms with E-state index in [0.717, 1.165) is 56.2 Å². The molecule has 0 heterocycles. The standard InChI is InChI=1S/C17H22FNO2/c18-15-7-3-6-14-13(15)8-9-16(14)19-10-11-4-1-2-5-12(11)17(20)21/h3,6-7,11-12,16,19H,1-2,4-5,8-10H2,(H,20,21). The van der Waals surface area contributed by atoms with Crippen LogP contribution in [0.3, 0.4) is 0 Å². The summed E-state index contributed by atoms with van der Waals surface area (Å²) in [7, 11) is 0. The van der Waals surface area contributed by atoms with E-state index in [0.29, 0.717) is 0 Å². The molecule has 4 heteroatoms. The Balaban J connectivity index is 1.64. The van der Waals surface area contributed by atoms with Crippen molar-refractivity contribution in [2.45, 2.75) is 44.6 Å². The van der Waals surface area contributed by atoms with Crippen LogP contribution in [0.2, 0.25) is 0 Å². The largest absolute Gasteiger partial charge is 0.481 e. The van der Waals surface area contributed by atoms with Gasteiger partial charge in [-0.3, -0.25) is 4.79 Å². The van der Waals surface area contributed by atoms with Gasteiger partial charge in [0.05, 0.1) is 5.92 Å². The van der Waals surface area contributed by atoms with Crippen molar-refractivity contribution in [1.82, 2.24) is 5.32 Å². The van der Waals surface area contributed by atoms with Crippen molar-refractivity contribution in [1.29, 1.82) is 0 Å². The SMILES string of the molecule is O=C(O)C1CCCCC1CNC1CCc2c(F)cccc21. The van der Waals surface area contributed by atoms with Gasteiger partial charge in [0.25, 0.3) is 0 Å². The number of aliphatic carboxylic acids is 1. The Labute approximate surface area is 124 Å². The molecule has 0 amide bonds.